The Morgan fingerprint density at radius 2 is 1.63 bits per heavy atom. The molecule has 5 heteroatoms. The fraction of sp³-hybridized carbons (Fsp3) is 0.429. The number of amides is 1. The van der Waals surface area contributed by atoms with Crippen LogP contribution in [0.2, 0.25) is 0 Å². The summed E-state index contributed by atoms with van der Waals surface area (Å²) in [4.78, 5) is 24.7. The van der Waals surface area contributed by atoms with Gasteiger partial charge in [-0.05, 0) is 37.4 Å². The zero-order valence-corrected chi connectivity index (χ0v) is 11.3. The van der Waals surface area contributed by atoms with Crippen molar-refractivity contribution in [1.29, 1.82) is 0 Å². The van der Waals surface area contributed by atoms with Crippen molar-refractivity contribution in [2.24, 2.45) is 0 Å². The molecule has 0 aliphatic rings. The molecule has 0 saturated heterocycles. The molecule has 1 aromatic rings. The lowest BCUT2D eigenvalue weighted by Gasteiger charge is -2.17. The SMILES string of the molecule is CCN(CC)CCNC(=O)c1ccc(C(=O)O)cc1. The van der Waals surface area contributed by atoms with Gasteiger partial charge in [0.25, 0.3) is 5.91 Å². The monoisotopic (exact) mass is 264 g/mol. The summed E-state index contributed by atoms with van der Waals surface area (Å²) in [5.74, 6) is -1.17. The predicted molar refractivity (Wildman–Crippen MR) is 73.5 cm³/mol. The van der Waals surface area contributed by atoms with Crippen LogP contribution in [-0.2, 0) is 0 Å². The van der Waals surface area contributed by atoms with Crippen molar-refractivity contribution in [1.82, 2.24) is 10.2 Å². The van der Waals surface area contributed by atoms with Crippen LogP contribution in [0.3, 0.4) is 0 Å². The molecular formula is C14H20N2O3. The Morgan fingerprint density at radius 1 is 1.11 bits per heavy atom. The number of hydrogen-bond donors (Lipinski definition) is 2. The van der Waals surface area contributed by atoms with E-state index in [0.717, 1.165) is 19.6 Å². The summed E-state index contributed by atoms with van der Waals surface area (Å²) < 4.78 is 0. The second-order valence-electron chi connectivity index (χ2n) is 4.17. The van der Waals surface area contributed by atoms with E-state index in [-0.39, 0.29) is 11.5 Å². The summed E-state index contributed by atoms with van der Waals surface area (Å²) >= 11 is 0. The zero-order chi connectivity index (χ0) is 14.3. The van der Waals surface area contributed by atoms with Gasteiger partial charge in [-0.1, -0.05) is 13.8 Å². The zero-order valence-electron chi connectivity index (χ0n) is 11.3. The number of carbonyl (C=O) groups is 2. The largest absolute Gasteiger partial charge is 0.478 e. The van der Waals surface area contributed by atoms with Crippen LogP contribution in [0.15, 0.2) is 24.3 Å². The molecule has 0 atom stereocenters. The van der Waals surface area contributed by atoms with Crippen LogP contribution >= 0.6 is 0 Å². The van der Waals surface area contributed by atoms with Crippen molar-refractivity contribution in [3.05, 3.63) is 35.4 Å². The molecule has 104 valence electrons. The van der Waals surface area contributed by atoms with Gasteiger partial charge in [0.1, 0.15) is 0 Å². The second-order valence-corrected chi connectivity index (χ2v) is 4.17. The summed E-state index contributed by atoms with van der Waals surface area (Å²) in [6, 6.07) is 5.91. The van der Waals surface area contributed by atoms with E-state index in [9.17, 15) is 9.59 Å². The van der Waals surface area contributed by atoms with E-state index in [0.29, 0.717) is 12.1 Å². The summed E-state index contributed by atoms with van der Waals surface area (Å²) in [6.07, 6.45) is 0. The highest BCUT2D eigenvalue weighted by molar-refractivity contribution is 5.95. The molecule has 1 rings (SSSR count). The van der Waals surface area contributed by atoms with E-state index < -0.39 is 5.97 Å². The van der Waals surface area contributed by atoms with Crippen LogP contribution in [0.5, 0.6) is 0 Å². The topological polar surface area (TPSA) is 69.6 Å². The molecule has 19 heavy (non-hydrogen) atoms. The first-order valence-electron chi connectivity index (χ1n) is 6.42. The normalized spacial score (nSPS) is 10.5. The molecule has 0 heterocycles. The second kappa shape index (κ2) is 7.53. The number of nitrogens with one attached hydrogen (secondary N) is 1. The van der Waals surface area contributed by atoms with Gasteiger partial charge in [-0.3, -0.25) is 4.79 Å². The molecule has 5 nitrogen and oxygen atoms in total. The summed E-state index contributed by atoms with van der Waals surface area (Å²) in [6.45, 7) is 7.47. The van der Waals surface area contributed by atoms with Crippen molar-refractivity contribution >= 4 is 11.9 Å². The Morgan fingerprint density at radius 3 is 2.11 bits per heavy atom. The van der Waals surface area contributed by atoms with Crippen LogP contribution < -0.4 is 5.32 Å². The maximum Gasteiger partial charge on any atom is 0.335 e. The van der Waals surface area contributed by atoms with Gasteiger partial charge in [0.2, 0.25) is 0 Å². The Hall–Kier alpha value is -1.88. The van der Waals surface area contributed by atoms with Crippen LogP contribution in [0, 0.1) is 0 Å². The van der Waals surface area contributed by atoms with Gasteiger partial charge in [-0.25, -0.2) is 4.79 Å². The van der Waals surface area contributed by atoms with Gasteiger partial charge < -0.3 is 15.3 Å². The van der Waals surface area contributed by atoms with Gasteiger partial charge in [0.05, 0.1) is 5.56 Å². The predicted octanol–water partition coefficient (Wildman–Crippen LogP) is 1.46. The lowest BCUT2D eigenvalue weighted by Crippen LogP contribution is -2.34. The summed E-state index contributed by atoms with van der Waals surface area (Å²) in [7, 11) is 0. The van der Waals surface area contributed by atoms with E-state index in [1.807, 2.05) is 0 Å². The number of rotatable bonds is 7. The van der Waals surface area contributed by atoms with Crippen molar-refractivity contribution < 1.29 is 14.7 Å². The number of carbonyl (C=O) groups excluding carboxylic acids is 1. The number of nitrogens with zero attached hydrogens (tertiary/aromatic N) is 1. The minimum atomic E-state index is -0.992. The number of aromatic carboxylic acids is 1. The first-order chi connectivity index (χ1) is 9.08. The first kappa shape index (κ1) is 15.2. The van der Waals surface area contributed by atoms with E-state index in [1.165, 1.54) is 24.3 Å². The number of benzene rings is 1. The molecule has 2 N–H and O–H groups in total. The van der Waals surface area contributed by atoms with Crippen molar-refractivity contribution in [2.75, 3.05) is 26.2 Å². The average Bonchev–Trinajstić information content (AvgIpc) is 2.43. The number of hydrogen-bond acceptors (Lipinski definition) is 3. The van der Waals surface area contributed by atoms with Crippen LogP contribution in [0.4, 0.5) is 0 Å². The molecule has 0 aliphatic heterocycles. The molecule has 0 aromatic heterocycles. The summed E-state index contributed by atoms with van der Waals surface area (Å²) in [5, 5.41) is 11.6. The third kappa shape index (κ3) is 4.71. The molecule has 0 fully saturated rings. The highest BCUT2D eigenvalue weighted by Gasteiger charge is 2.07. The minimum absolute atomic E-state index is 0.177. The molecule has 0 spiro atoms. The van der Waals surface area contributed by atoms with Crippen LogP contribution in [0.25, 0.3) is 0 Å². The lowest BCUT2D eigenvalue weighted by atomic mass is 10.1. The van der Waals surface area contributed by atoms with E-state index in [4.69, 9.17) is 5.11 Å². The Balaban J connectivity index is 2.47. The Kier molecular flexibility index (Phi) is 6.02. The number of carboxylic acid groups (broad SMARTS) is 1. The van der Waals surface area contributed by atoms with Crippen molar-refractivity contribution in [3.8, 4) is 0 Å². The molecule has 1 aromatic carbocycles. The molecule has 1 amide bonds. The fourth-order valence-electron chi connectivity index (χ4n) is 1.73. The van der Waals surface area contributed by atoms with Gasteiger partial charge in [-0.2, -0.15) is 0 Å². The van der Waals surface area contributed by atoms with Gasteiger partial charge in [0.15, 0.2) is 0 Å². The smallest absolute Gasteiger partial charge is 0.335 e. The highest BCUT2D eigenvalue weighted by Crippen LogP contribution is 2.04. The molecular weight excluding hydrogens is 244 g/mol. The van der Waals surface area contributed by atoms with E-state index in [1.54, 1.807) is 0 Å². The van der Waals surface area contributed by atoms with Crippen molar-refractivity contribution in [2.45, 2.75) is 13.8 Å². The number of likely N-dealkylation sites (N-methyl/N-ethyl adjacent to an activating group) is 1. The highest BCUT2D eigenvalue weighted by atomic mass is 16.4. The minimum Gasteiger partial charge on any atom is -0.478 e. The quantitative estimate of drug-likeness (QED) is 0.782. The molecule has 0 radical (unpaired) electrons. The maximum atomic E-state index is 11.8. The van der Waals surface area contributed by atoms with Gasteiger partial charge in [-0.15, -0.1) is 0 Å². The third-order valence-electron chi connectivity index (χ3n) is 3.00. The van der Waals surface area contributed by atoms with Crippen molar-refractivity contribution in [3.63, 3.8) is 0 Å². The van der Waals surface area contributed by atoms with E-state index >= 15 is 0 Å². The third-order valence-corrected chi connectivity index (χ3v) is 3.00. The molecule has 0 aliphatic carbocycles. The lowest BCUT2D eigenvalue weighted by molar-refractivity contribution is 0.0696. The van der Waals surface area contributed by atoms with Crippen LogP contribution in [0.1, 0.15) is 34.6 Å². The van der Waals surface area contributed by atoms with Gasteiger partial charge in [0, 0.05) is 18.7 Å². The fourth-order valence-corrected chi connectivity index (χ4v) is 1.73. The first-order valence-corrected chi connectivity index (χ1v) is 6.42. The standard InChI is InChI=1S/C14H20N2O3/c1-3-16(4-2)10-9-15-13(17)11-5-7-12(8-6-11)14(18)19/h5-8H,3-4,9-10H2,1-2H3,(H,15,17)(H,18,19). The number of carboxylic acids is 1. The van der Waals surface area contributed by atoms with E-state index in [2.05, 4.69) is 24.1 Å². The Bertz CT molecular complexity index is 425. The Labute approximate surface area is 113 Å². The summed E-state index contributed by atoms with van der Waals surface area (Å²) in [5.41, 5.74) is 0.657. The molecule has 0 unspecified atom stereocenters. The average molecular weight is 264 g/mol. The molecule has 0 bridgehead atoms. The van der Waals surface area contributed by atoms with Gasteiger partial charge >= 0.3 is 5.97 Å². The molecule has 0 saturated carbocycles. The van der Waals surface area contributed by atoms with Crippen LogP contribution in [-0.4, -0.2) is 48.1 Å². The maximum absolute atomic E-state index is 11.8.